The van der Waals surface area contributed by atoms with Crippen LogP contribution in [0.4, 0.5) is 0 Å². The SMILES string of the molecule is C#C.C=C.C=CC.CC/C=C\CC. The van der Waals surface area contributed by atoms with Crippen molar-refractivity contribution in [2.45, 2.75) is 33.6 Å². The van der Waals surface area contributed by atoms with Crippen molar-refractivity contribution in [2.24, 2.45) is 0 Å². The van der Waals surface area contributed by atoms with Crippen molar-refractivity contribution in [1.29, 1.82) is 0 Å². The van der Waals surface area contributed by atoms with Crippen LogP contribution in [-0.2, 0) is 0 Å². The summed E-state index contributed by atoms with van der Waals surface area (Å²) < 4.78 is 0. The largest absolute Gasteiger partial charge is 0.124 e. The first-order valence-corrected chi connectivity index (χ1v) is 4.38. The molecule has 0 saturated carbocycles. The maximum absolute atomic E-state index is 4.00. The summed E-state index contributed by atoms with van der Waals surface area (Å²) in [7, 11) is 0. The summed E-state index contributed by atoms with van der Waals surface area (Å²) in [5.74, 6) is 0. The minimum atomic E-state index is 1.17. The molecule has 0 aromatic carbocycles. The normalized spacial score (nSPS) is 6.23. The number of hydrogen-bond acceptors (Lipinski definition) is 0. The van der Waals surface area contributed by atoms with Gasteiger partial charge in [-0.3, -0.25) is 0 Å². The van der Waals surface area contributed by atoms with E-state index in [1.165, 1.54) is 12.8 Å². The molecule has 0 aliphatic heterocycles. The standard InChI is InChI=1S/C6H12.C3H6.C2H4.C2H2/c1-3-5-6-4-2;1-3-2;2*1-2/h5-6H,3-4H2,1-2H3;3H,1H2,2H3;1-2H2;1-2H/b6-5-;;;. The molecule has 0 rings (SSSR count). The molecule has 0 spiro atoms. The molecule has 0 nitrogen and oxygen atoms in total. The lowest BCUT2D eigenvalue weighted by molar-refractivity contribution is 1.16. The predicted molar refractivity (Wildman–Crippen MR) is 66.7 cm³/mol. The zero-order chi connectivity index (χ0) is 11.5. The molecule has 0 unspecified atom stereocenters. The predicted octanol–water partition coefficient (Wildman–Crippen LogP) is 4.61. The van der Waals surface area contributed by atoms with Gasteiger partial charge < -0.3 is 0 Å². The highest BCUT2D eigenvalue weighted by Crippen LogP contribution is 1.81. The molecular weight excluding hydrogens is 156 g/mol. The van der Waals surface area contributed by atoms with E-state index in [4.69, 9.17) is 0 Å². The van der Waals surface area contributed by atoms with Crippen LogP contribution >= 0.6 is 0 Å². The van der Waals surface area contributed by atoms with Crippen molar-refractivity contribution < 1.29 is 0 Å². The Morgan fingerprint density at radius 3 is 1.23 bits per heavy atom. The van der Waals surface area contributed by atoms with Gasteiger partial charge in [-0.15, -0.1) is 32.6 Å². The fourth-order valence-corrected chi connectivity index (χ4v) is 0.333. The topological polar surface area (TPSA) is 0 Å². The molecule has 76 valence electrons. The molecule has 0 aromatic heterocycles. The van der Waals surface area contributed by atoms with E-state index in [1.54, 1.807) is 6.08 Å². The lowest BCUT2D eigenvalue weighted by Crippen LogP contribution is -1.51. The van der Waals surface area contributed by atoms with Crippen LogP contribution in [0.25, 0.3) is 0 Å². The van der Waals surface area contributed by atoms with Crippen LogP contribution < -0.4 is 0 Å². The summed E-state index contributed by atoms with van der Waals surface area (Å²) in [4.78, 5) is 0. The summed E-state index contributed by atoms with van der Waals surface area (Å²) in [5.41, 5.74) is 0. The quantitative estimate of drug-likeness (QED) is 0.430. The van der Waals surface area contributed by atoms with Crippen LogP contribution in [-0.4, -0.2) is 0 Å². The zero-order valence-corrected chi connectivity index (χ0v) is 9.42. The first-order chi connectivity index (χ1) is 6.33. The molecule has 0 N–H and O–H groups in total. The second kappa shape index (κ2) is 72.2. The van der Waals surface area contributed by atoms with Crippen LogP contribution in [0.1, 0.15) is 33.6 Å². The van der Waals surface area contributed by atoms with E-state index in [0.29, 0.717) is 0 Å². The highest BCUT2D eigenvalue weighted by Gasteiger charge is 1.60. The molecule has 0 saturated heterocycles. The number of terminal acetylenes is 1. The lowest BCUT2D eigenvalue weighted by Gasteiger charge is -1.72. The third-order valence-electron chi connectivity index (χ3n) is 0.638. The number of allylic oxidation sites excluding steroid dienone is 3. The molecular formula is C13H24. The second-order valence-corrected chi connectivity index (χ2v) is 1.70. The summed E-state index contributed by atoms with van der Waals surface area (Å²) in [5, 5.41) is 0. The van der Waals surface area contributed by atoms with Gasteiger partial charge in [-0.05, 0) is 19.8 Å². The Kier molecular flexibility index (Phi) is 126. The van der Waals surface area contributed by atoms with Crippen molar-refractivity contribution in [3.05, 3.63) is 38.0 Å². The summed E-state index contributed by atoms with van der Waals surface area (Å²) in [6.07, 6.45) is 16.5. The van der Waals surface area contributed by atoms with Crippen molar-refractivity contribution >= 4 is 0 Å². The minimum absolute atomic E-state index is 1.17. The summed E-state index contributed by atoms with van der Waals surface area (Å²) in [6, 6.07) is 0. The number of rotatable bonds is 2. The Balaban J connectivity index is -0.0000000493. The smallest absolute Gasteiger partial charge is 0.0379 e. The average molecular weight is 180 g/mol. The van der Waals surface area contributed by atoms with Gasteiger partial charge in [-0.25, -0.2) is 0 Å². The van der Waals surface area contributed by atoms with Gasteiger partial charge in [0.15, 0.2) is 0 Å². The van der Waals surface area contributed by atoms with Gasteiger partial charge in [0.2, 0.25) is 0 Å². The van der Waals surface area contributed by atoms with E-state index in [0.717, 1.165) is 0 Å². The fraction of sp³-hybridized carbons (Fsp3) is 0.385. The van der Waals surface area contributed by atoms with E-state index in [2.05, 4.69) is 58.6 Å². The molecule has 0 bridgehead atoms. The second-order valence-electron chi connectivity index (χ2n) is 1.70. The van der Waals surface area contributed by atoms with E-state index < -0.39 is 0 Å². The third-order valence-corrected chi connectivity index (χ3v) is 0.638. The lowest BCUT2D eigenvalue weighted by atomic mass is 10.4. The molecule has 0 aliphatic carbocycles. The van der Waals surface area contributed by atoms with Crippen LogP contribution in [0.5, 0.6) is 0 Å². The maximum Gasteiger partial charge on any atom is -0.0379 e. The fourth-order valence-electron chi connectivity index (χ4n) is 0.333. The molecule has 0 aliphatic rings. The molecule has 0 radical (unpaired) electrons. The van der Waals surface area contributed by atoms with Crippen molar-refractivity contribution in [3.63, 3.8) is 0 Å². The molecule has 0 amide bonds. The molecule has 0 aromatic rings. The minimum Gasteiger partial charge on any atom is -0.124 e. The molecule has 0 fully saturated rings. The van der Waals surface area contributed by atoms with Crippen LogP contribution in [0.3, 0.4) is 0 Å². The Morgan fingerprint density at radius 2 is 1.15 bits per heavy atom. The van der Waals surface area contributed by atoms with Gasteiger partial charge in [0.05, 0.1) is 0 Å². The van der Waals surface area contributed by atoms with Crippen LogP contribution in [0.15, 0.2) is 38.0 Å². The van der Waals surface area contributed by atoms with E-state index >= 15 is 0 Å². The average Bonchev–Trinajstić information content (AvgIpc) is 2.22. The Morgan fingerprint density at radius 1 is 1.00 bits per heavy atom. The summed E-state index contributed by atoms with van der Waals surface area (Å²) >= 11 is 0. The Hall–Kier alpha value is -1.22. The highest BCUT2D eigenvalue weighted by atomic mass is 13.7. The van der Waals surface area contributed by atoms with Crippen LogP contribution in [0, 0.1) is 12.8 Å². The zero-order valence-electron chi connectivity index (χ0n) is 9.42. The summed E-state index contributed by atoms with van der Waals surface area (Å²) in [6.45, 7) is 15.5. The first kappa shape index (κ1) is 22.6. The maximum atomic E-state index is 4.00. The Labute approximate surface area is 85.1 Å². The van der Waals surface area contributed by atoms with Gasteiger partial charge in [0, 0.05) is 0 Å². The van der Waals surface area contributed by atoms with Crippen molar-refractivity contribution in [1.82, 2.24) is 0 Å². The van der Waals surface area contributed by atoms with Gasteiger partial charge in [0.1, 0.15) is 0 Å². The monoisotopic (exact) mass is 180 g/mol. The van der Waals surface area contributed by atoms with E-state index in [1.807, 2.05) is 6.92 Å². The molecule has 0 heterocycles. The Bertz CT molecular complexity index is 89.9. The number of hydrogen-bond donors (Lipinski definition) is 0. The van der Waals surface area contributed by atoms with Crippen LogP contribution in [0.2, 0.25) is 0 Å². The van der Waals surface area contributed by atoms with Gasteiger partial charge in [-0.2, -0.15) is 0 Å². The highest BCUT2D eigenvalue weighted by molar-refractivity contribution is 4.77. The molecule has 0 heteroatoms. The molecule has 0 atom stereocenters. The van der Waals surface area contributed by atoms with Gasteiger partial charge >= 0.3 is 0 Å². The van der Waals surface area contributed by atoms with Crippen molar-refractivity contribution in [3.8, 4) is 12.8 Å². The first-order valence-electron chi connectivity index (χ1n) is 4.38. The van der Waals surface area contributed by atoms with E-state index in [9.17, 15) is 0 Å². The molecule has 13 heavy (non-hydrogen) atoms. The van der Waals surface area contributed by atoms with E-state index in [-0.39, 0.29) is 0 Å². The van der Waals surface area contributed by atoms with Gasteiger partial charge in [0.25, 0.3) is 0 Å². The third kappa shape index (κ3) is 262. The van der Waals surface area contributed by atoms with Crippen molar-refractivity contribution in [2.75, 3.05) is 0 Å². The van der Waals surface area contributed by atoms with Gasteiger partial charge in [-0.1, -0.05) is 32.1 Å².